The Kier molecular flexibility index (Phi) is 3.85. The number of carbonyl (C=O) groups excluding carboxylic acids is 4. The standard InChI is InChI=1S/C20H22N4O5/c21-19-5-6-20(8-19,29-10-19)9-22-11-1-2-12-13(7-11)18(28)24(17(12)27)14-3-4-15(25)23-16(14)26/h1-2,7,14,22H,3-6,8-10,21H2,(H,23,25,26). The first-order valence-corrected chi connectivity index (χ1v) is 9.82. The topological polar surface area (TPSA) is 131 Å². The molecule has 0 aromatic heterocycles. The number of piperidine rings is 1. The highest BCUT2D eigenvalue weighted by Gasteiger charge is 2.53. The van der Waals surface area contributed by atoms with Gasteiger partial charge in [-0.1, -0.05) is 0 Å². The summed E-state index contributed by atoms with van der Waals surface area (Å²) in [5.74, 6) is -2.03. The lowest BCUT2D eigenvalue weighted by Crippen LogP contribution is -2.54. The van der Waals surface area contributed by atoms with Gasteiger partial charge in [-0.05, 0) is 43.9 Å². The van der Waals surface area contributed by atoms with E-state index >= 15 is 0 Å². The largest absolute Gasteiger partial charge is 0.382 e. The molecular formula is C20H22N4O5. The Morgan fingerprint density at radius 1 is 1.17 bits per heavy atom. The molecule has 1 saturated carbocycles. The third-order valence-corrected chi connectivity index (χ3v) is 6.47. The van der Waals surface area contributed by atoms with Crippen molar-refractivity contribution in [3.63, 3.8) is 0 Å². The summed E-state index contributed by atoms with van der Waals surface area (Å²) >= 11 is 0. The van der Waals surface area contributed by atoms with Crippen LogP contribution in [0.4, 0.5) is 5.69 Å². The van der Waals surface area contributed by atoms with E-state index < -0.39 is 29.7 Å². The normalized spacial score (nSPS) is 33.3. The van der Waals surface area contributed by atoms with Gasteiger partial charge in [0, 0.05) is 24.2 Å². The van der Waals surface area contributed by atoms with E-state index in [2.05, 4.69) is 10.6 Å². The first kappa shape index (κ1) is 18.3. The Labute approximate surface area is 166 Å². The zero-order valence-electron chi connectivity index (χ0n) is 15.8. The van der Waals surface area contributed by atoms with Crippen LogP contribution in [0.2, 0.25) is 0 Å². The number of hydrogen-bond acceptors (Lipinski definition) is 7. The van der Waals surface area contributed by atoms with Crippen LogP contribution < -0.4 is 16.4 Å². The second-order valence-electron chi connectivity index (χ2n) is 8.57. The van der Waals surface area contributed by atoms with Gasteiger partial charge in [-0.15, -0.1) is 0 Å². The van der Waals surface area contributed by atoms with Gasteiger partial charge in [-0.25, -0.2) is 0 Å². The Morgan fingerprint density at radius 2 is 1.97 bits per heavy atom. The monoisotopic (exact) mass is 398 g/mol. The molecule has 3 atom stereocenters. The number of anilines is 1. The fourth-order valence-electron chi connectivity index (χ4n) is 4.88. The van der Waals surface area contributed by atoms with E-state index in [9.17, 15) is 19.2 Å². The average Bonchev–Trinajstić information content (AvgIpc) is 3.29. The van der Waals surface area contributed by atoms with Crippen LogP contribution in [0.25, 0.3) is 0 Å². The lowest BCUT2D eigenvalue weighted by atomic mass is 10.00. The SMILES string of the molecule is NC12CCC(CNc3ccc4c(c3)C(=O)N(C3CCC(=O)NC3=O)C4=O)(C1)OC2. The molecule has 3 fully saturated rings. The summed E-state index contributed by atoms with van der Waals surface area (Å²) in [5, 5.41) is 5.50. The van der Waals surface area contributed by atoms with Crippen LogP contribution in [-0.4, -0.2) is 58.9 Å². The predicted octanol–water partition coefficient (Wildman–Crippen LogP) is 0.150. The summed E-state index contributed by atoms with van der Waals surface area (Å²) in [6.07, 6.45) is 2.87. The van der Waals surface area contributed by atoms with Crippen molar-refractivity contribution in [1.82, 2.24) is 10.2 Å². The maximum Gasteiger partial charge on any atom is 0.262 e. The maximum atomic E-state index is 12.9. The van der Waals surface area contributed by atoms with Gasteiger partial charge >= 0.3 is 0 Å². The molecule has 3 heterocycles. The van der Waals surface area contributed by atoms with Crippen LogP contribution in [0.5, 0.6) is 0 Å². The van der Waals surface area contributed by atoms with Crippen molar-refractivity contribution < 1.29 is 23.9 Å². The van der Waals surface area contributed by atoms with Crippen molar-refractivity contribution >= 4 is 29.3 Å². The van der Waals surface area contributed by atoms with Crippen molar-refractivity contribution in [2.24, 2.45) is 5.73 Å². The fraction of sp³-hybridized carbons (Fsp3) is 0.500. The van der Waals surface area contributed by atoms with Gasteiger partial charge in [-0.2, -0.15) is 0 Å². The van der Waals surface area contributed by atoms with Crippen molar-refractivity contribution in [3.8, 4) is 0 Å². The predicted molar refractivity (Wildman–Crippen MR) is 101 cm³/mol. The number of carbonyl (C=O) groups is 4. The molecule has 1 aliphatic carbocycles. The molecule has 1 aromatic rings. The minimum atomic E-state index is -0.960. The quantitative estimate of drug-likeness (QED) is 0.615. The maximum absolute atomic E-state index is 12.9. The van der Waals surface area contributed by atoms with Crippen LogP contribution in [-0.2, 0) is 14.3 Å². The van der Waals surface area contributed by atoms with Crippen LogP contribution in [0.15, 0.2) is 18.2 Å². The number of fused-ring (bicyclic) bond motifs is 3. The average molecular weight is 398 g/mol. The Hall–Kier alpha value is -2.78. The Morgan fingerprint density at radius 3 is 2.62 bits per heavy atom. The minimum Gasteiger partial charge on any atom is -0.382 e. The van der Waals surface area contributed by atoms with E-state index in [0.29, 0.717) is 18.8 Å². The summed E-state index contributed by atoms with van der Waals surface area (Å²) in [5.41, 5.74) is 6.98. The van der Waals surface area contributed by atoms with Crippen LogP contribution in [0.1, 0.15) is 52.8 Å². The van der Waals surface area contributed by atoms with Crippen molar-refractivity contribution in [2.45, 2.75) is 49.3 Å². The number of rotatable bonds is 4. The lowest BCUT2D eigenvalue weighted by molar-refractivity contribution is -0.136. The molecule has 152 valence electrons. The smallest absolute Gasteiger partial charge is 0.262 e. The van der Waals surface area contributed by atoms with Gasteiger partial charge in [0.05, 0.1) is 23.3 Å². The lowest BCUT2D eigenvalue weighted by Gasteiger charge is -2.28. The van der Waals surface area contributed by atoms with Gasteiger partial charge in [0.15, 0.2) is 0 Å². The van der Waals surface area contributed by atoms with E-state index in [-0.39, 0.29) is 35.1 Å². The zero-order chi connectivity index (χ0) is 20.4. The second-order valence-corrected chi connectivity index (χ2v) is 8.57. The number of benzene rings is 1. The minimum absolute atomic E-state index is 0.0985. The van der Waals surface area contributed by atoms with Gasteiger partial charge in [-0.3, -0.25) is 29.4 Å². The number of nitrogens with two attached hydrogens (primary N) is 1. The van der Waals surface area contributed by atoms with Crippen LogP contribution >= 0.6 is 0 Å². The third-order valence-electron chi connectivity index (χ3n) is 6.47. The van der Waals surface area contributed by atoms with Crippen LogP contribution in [0, 0.1) is 0 Å². The first-order chi connectivity index (χ1) is 13.8. The number of nitrogens with zero attached hydrogens (tertiary/aromatic N) is 1. The molecule has 5 rings (SSSR count). The number of nitrogens with one attached hydrogen (secondary N) is 2. The number of hydrogen-bond donors (Lipinski definition) is 3. The van der Waals surface area contributed by atoms with Gasteiger partial charge < -0.3 is 15.8 Å². The molecule has 2 saturated heterocycles. The highest BCUT2D eigenvalue weighted by Crippen LogP contribution is 2.45. The third kappa shape index (κ3) is 2.84. The molecule has 29 heavy (non-hydrogen) atoms. The van der Waals surface area contributed by atoms with Crippen molar-refractivity contribution in [2.75, 3.05) is 18.5 Å². The summed E-state index contributed by atoms with van der Waals surface area (Å²) in [6, 6.07) is 4.02. The number of ether oxygens (including phenoxy) is 1. The molecule has 3 unspecified atom stereocenters. The molecule has 4 aliphatic rings. The summed E-state index contributed by atoms with van der Waals surface area (Å²) in [7, 11) is 0. The van der Waals surface area contributed by atoms with Gasteiger partial charge in [0.25, 0.3) is 11.8 Å². The molecule has 4 amide bonds. The first-order valence-electron chi connectivity index (χ1n) is 9.82. The van der Waals surface area contributed by atoms with E-state index in [4.69, 9.17) is 10.5 Å². The molecule has 0 radical (unpaired) electrons. The molecule has 9 nitrogen and oxygen atoms in total. The van der Waals surface area contributed by atoms with E-state index in [1.807, 2.05) is 0 Å². The summed E-state index contributed by atoms with van der Waals surface area (Å²) in [4.78, 5) is 50.1. The Balaban J connectivity index is 1.33. The van der Waals surface area contributed by atoms with Gasteiger partial charge in [0.1, 0.15) is 6.04 Å². The molecule has 4 N–H and O–H groups in total. The molecule has 0 spiro atoms. The molecule has 3 aliphatic heterocycles. The highest BCUT2D eigenvalue weighted by atomic mass is 16.5. The zero-order valence-corrected chi connectivity index (χ0v) is 15.8. The summed E-state index contributed by atoms with van der Waals surface area (Å²) < 4.78 is 5.92. The van der Waals surface area contributed by atoms with Crippen molar-refractivity contribution in [1.29, 1.82) is 0 Å². The van der Waals surface area contributed by atoms with E-state index in [0.717, 1.165) is 24.2 Å². The van der Waals surface area contributed by atoms with Gasteiger partial charge in [0.2, 0.25) is 11.8 Å². The van der Waals surface area contributed by atoms with Crippen molar-refractivity contribution in [3.05, 3.63) is 29.3 Å². The molecule has 1 aromatic carbocycles. The number of amides is 4. The van der Waals surface area contributed by atoms with E-state index in [1.54, 1.807) is 18.2 Å². The number of imide groups is 2. The highest BCUT2D eigenvalue weighted by molar-refractivity contribution is 6.23. The fourth-order valence-corrected chi connectivity index (χ4v) is 4.88. The second kappa shape index (κ2) is 6.11. The molecular weight excluding hydrogens is 376 g/mol. The van der Waals surface area contributed by atoms with Crippen LogP contribution in [0.3, 0.4) is 0 Å². The van der Waals surface area contributed by atoms with E-state index in [1.165, 1.54) is 0 Å². The molecule has 2 bridgehead atoms. The Bertz CT molecular complexity index is 950. The summed E-state index contributed by atoms with van der Waals surface area (Å²) in [6.45, 7) is 1.14. The molecule has 9 heteroatoms.